The van der Waals surface area contributed by atoms with Gasteiger partial charge in [-0.25, -0.2) is 14.9 Å². The molecule has 1 aromatic heterocycles. The molecule has 0 radical (unpaired) electrons. The molecule has 1 aromatic carbocycles. The van der Waals surface area contributed by atoms with Crippen LogP contribution in [0.25, 0.3) is 0 Å². The highest BCUT2D eigenvalue weighted by molar-refractivity contribution is 7.99. The van der Waals surface area contributed by atoms with E-state index >= 15 is 0 Å². The molecule has 0 bridgehead atoms. The molecule has 0 N–H and O–H groups in total. The third kappa shape index (κ3) is 3.28. The van der Waals surface area contributed by atoms with Crippen molar-refractivity contribution in [1.29, 1.82) is 0 Å². The van der Waals surface area contributed by atoms with Crippen molar-refractivity contribution in [3.8, 4) is 0 Å². The summed E-state index contributed by atoms with van der Waals surface area (Å²) in [5, 5.41) is 0.500. The number of hydrogen-bond donors (Lipinski definition) is 0. The average molecular weight is 396 g/mol. The minimum atomic E-state index is -0.577. The fourth-order valence-electron chi connectivity index (χ4n) is 3.74. The molecule has 0 saturated carbocycles. The molecular weight excluding hydrogens is 376 g/mol. The summed E-state index contributed by atoms with van der Waals surface area (Å²) in [5.41, 5.74) is 2.40. The lowest BCUT2D eigenvalue weighted by atomic mass is 10.1. The van der Waals surface area contributed by atoms with Crippen LogP contribution in [0.2, 0.25) is 0 Å². The van der Waals surface area contributed by atoms with Gasteiger partial charge in [0.25, 0.3) is 11.8 Å². The molecule has 144 valence electrons. The maximum atomic E-state index is 13.2. The van der Waals surface area contributed by atoms with Gasteiger partial charge in [-0.05, 0) is 44.9 Å². The van der Waals surface area contributed by atoms with E-state index in [9.17, 15) is 14.4 Å². The first-order valence-corrected chi connectivity index (χ1v) is 10.2. The number of carbonyl (C=O) groups is 3. The number of nitrogens with zero attached hydrogens (tertiary/aromatic N) is 4. The summed E-state index contributed by atoms with van der Waals surface area (Å²) in [6.07, 6.45) is 1.34. The number of amides is 3. The van der Waals surface area contributed by atoms with Crippen molar-refractivity contribution in [2.75, 3.05) is 17.2 Å². The number of imide groups is 1. The van der Waals surface area contributed by atoms with Crippen molar-refractivity contribution < 1.29 is 14.4 Å². The van der Waals surface area contributed by atoms with E-state index in [1.807, 2.05) is 19.9 Å². The van der Waals surface area contributed by atoms with Crippen molar-refractivity contribution in [2.24, 2.45) is 0 Å². The third-order valence-electron chi connectivity index (χ3n) is 4.93. The number of hydrogen-bond acceptors (Lipinski definition) is 6. The Morgan fingerprint density at radius 2 is 1.89 bits per heavy atom. The van der Waals surface area contributed by atoms with Gasteiger partial charge in [0.05, 0.1) is 17.0 Å². The zero-order valence-electron chi connectivity index (χ0n) is 15.7. The molecule has 8 heteroatoms. The van der Waals surface area contributed by atoms with Crippen LogP contribution in [0.15, 0.2) is 35.5 Å². The third-order valence-corrected chi connectivity index (χ3v) is 5.76. The highest BCUT2D eigenvalue weighted by Gasteiger charge is 2.43. The van der Waals surface area contributed by atoms with Gasteiger partial charge in [0, 0.05) is 17.9 Å². The highest BCUT2D eigenvalue weighted by atomic mass is 32.2. The van der Waals surface area contributed by atoms with Crippen LogP contribution in [0.3, 0.4) is 0 Å². The number of benzene rings is 1. The van der Waals surface area contributed by atoms with Crippen LogP contribution >= 0.6 is 11.8 Å². The monoisotopic (exact) mass is 396 g/mol. The Labute approximate surface area is 167 Å². The summed E-state index contributed by atoms with van der Waals surface area (Å²) in [5.74, 6) is -0.870. The van der Waals surface area contributed by atoms with E-state index in [0.29, 0.717) is 29.4 Å². The molecule has 0 spiro atoms. The van der Waals surface area contributed by atoms with Crippen molar-refractivity contribution >= 4 is 35.2 Å². The van der Waals surface area contributed by atoms with Gasteiger partial charge < -0.3 is 4.90 Å². The maximum absolute atomic E-state index is 13.2. The van der Waals surface area contributed by atoms with Crippen LogP contribution in [0.5, 0.6) is 0 Å². The van der Waals surface area contributed by atoms with Gasteiger partial charge in [0.1, 0.15) is 6.04 Å². The second kappa shape index (κ2) is 7.35. The van der Waals surface area contributed by atoms with E-state index in [2.05, 4.69) is 9.97 Å². The predicted octanol–water partition coefficient (Wildman–Crippen LogP) is 2.36. The summed E-state index contributed by atoms with van der Waals surface area (Å²) in [6, 6.07) is 8.09. The van der Waals surface area contributed by atoms with Crippen LogP contribution in [0.4, 0.5) is 5.69 Å². The maximum Gasteiger partial charge on any atom is 0.256 e. The van der Waals surface area contributed by atoms with E-state index in [1.165, 1.54) is 16.7 Å². The average Bonchev–Trinajstić information content (AvgIpc) is 3.12. The van der Waals surface area contributed by atoms with Crippen molar-refractivity contribution in [2.45, 2.75) is 37.9 Å². The molecule has 1 saturated heterocycles. The number of aryl methyl sites for hydroxylation is 2. The molecular formula is C20H20N4O3S. The number of carbonyl (C=O) groups excluding carboxylic acids is 3. The number of aromatic nitrogens is 2. The molecule has 1 atom stereocenters. The molecule has 0 aliphatic carbocycles. The molecule has 3 amide bonds. The Kier molecular flexibility index (Phi) is 4.89. The quantitative estimate of drug-likeness (QED) is 0.585. The minimum Gasteiger partial charge on any atom is -0.327 e. The summed E-state index contributed by atoms with van der Waals surface area (Å²) < 4.78 is 0. The number of rotatable bonds is 3. The summed E-state index contributed by atoms with van der Waals surface area (Å²) in [4.78, 5) is 50.6. The SMILES string of the molecule is Cc1cc(C)nc(SCC(=O)N2C(=O)[C@@H]3CCCN3C(=O)c3ccccc32)n1. The standard InChI is InChI=1S/C20H20N4O3S/c1-12-10-13(2)22-20(21-12)28-11-17(25)24-15-7-4-3-6-14(15)18(26)23-9-5-8-16(23)19(24)27/h3-4,6-7,10,16H,5,8-9,11H2,1-2H3/t16-/m0/s1. The van der Waals surface area contributed by atoms with E-state index in [-0.39, 0.29) is 23.5 Å². The summed E-state index contributed by atoms with van der Waals surface area (Å²) in [6.45, 7) is 4.28. The Bertz CT molecular complexity index is 957. The Hall–Kier alpha value is -2.74. The largest absolute Gasteiger partial charge is 0.327 e. The Balaban J connectivity index is 1.64. The Morgan fingerprint density at radius 1 is 1.18 bits per heavy atom. The molecule has 0 unspecified atom stereocenters. The normalized spacial score (nSPS) is 18.7. The zero-order valence-corrected chi connectivity index (χ0v) is 16.5. The molecule has 2 aromatic rings. The summed E-state index contributed by atoms with van der Waals surface area (Å²) >= 11 is 1.20. The fraction of sp³-hybridized carbons (Fsp3) is 0.350. The smallest absolute Gasteiger partial charge is 0.256 e. The number of para-hydroxylation sites is 1. The lowest BCUT2D eigenvalue weighted by Crippen LogP contribution is -2.47. The van der Waals surface area contributed by atoms with Gasteiger partial charge in [-0.3, -0.25) is 14.4 Å². The van der Waals surface area contributed by atoms with Crippen LogP contribution in [-0.2, 0) is 9.59 Å². The van der Waals surface area contributed by atoms with Crippen molar-refractivity contribution in [1.82, 2.24) is 14.9 Å². The van der Waals surface area contributed by atoms with Crippen LogP contribution in [-0.4, -0.2) is 50.9 Å². The van der Waals surface area contributed by atoms with Gasteiger partial charge in [0.2, 0.25) is 5.91 Å². The zero-order chi connectivity index (χ0) is 19.8. The predicted molar refractivity (Wildman–Crippen MR) is 105 cm³/mol. The topological polar surface area (TPSA) is 83.5 Å². The summed E-state index contributed by atoms with van der Waals surface area (Å²) in [7, 11) is 0. The van der Waals surface area contributed by atoms with Gasteiger partial charge in [0.15, 0.2) is 5.16 Å². The van der Waals surface area contributed by atoms with Crippen molar-refractivity contribution in [3.05, 3.63) is 47.3 Å². The Morgan fingerprint density at radius 3 is 2.64 bits per heavy atom. The minimum absolute atomic E-state index is 0.0177. The first-order chi connectivity index (χ1) is 13.5. The van der Waals surface area contributed by atoms with E-state index in [4.69, 9.17) is 0 Å². The number of fused-ring (bicyclic) bond motifs is 2. The van der Waals surface area contributed by atoms with Gasteiger partial charge >= 0.3 is 0 Å². The van der Waals surface area contributed by atoms with E-state index in [0.717, 1.165) is 17.8 Å². The van der Waals surface area contributed by atoms with Crippen LogP contribution in [0, 0.1) is 13.8 Å². The molecule has 1 fully saturated rings. The molecule has 28 heavy (non-hydrogen) atoms. The highest BCUT2D eigenvalue weighted by Crippen LogP contribution is 2.33. The van der Waals surface area contributed by atoms with Crippen molar-refractivity contribution in [3.63, 3.8) is 0 Å². The first kappa shape index (κ1) is 18.6. The number of thioether (sulfide) groups is 1. The van der Waals surface area contributed by atoms with E-state index in [1.54, 1.807) is 29.2 Å². The molecule has 2 aliphatic rings. The second-order valence-electron chi connectivity index (χ2n) is 6.96. The lowest BCUT2D eigenvalue weighted by molar-refractivity contribution is -0.127. The molecule has 7 nitrogen and oxygen atoms in total. The number of anilines is 1. The van der Waals surface area contributed by atoms with Crippen LogP contribution < -0.4 is 4.90 Å². The van der Waals surface area contributed by atoms with Gasteiger partial charge in [-0.1, -0.05) is 23.9 Å². The fourth-order valence-corrected chi connectivity index (χ4v) is 4.54. The van der Waals surface area contributed by atoms with Gasteiger partial charge in [-0.2, -0.15) is 0 Å². The lowest BCUT2D eigenvalue weighted by Gasteiger charge is -2.24. The molecule has 3 heterocycles. The van der Waals surface area contributed by atoms with Crippen LogP contribution in [0.1, 0.15) is 34.6 Å². The van der Waals surface area contributed by atoms with E-state index < -0.39 is 6.04 Å². The second-order valence-corrected chi connectivity index (χ2v) is 7.91. The molecule has 4 rings (SSSR count). The van der Waals surface area contributed by atoms with Gasteiger partial charge in [-0.15, -0.1) is 0 Å². The first-order valence-electron chi connectivity index (χ1n) is 9.17. The molecule has 2 aliphatic heterocycles.